The second-order valence-corrected chi connectivity index (χ2v) is 8.50. The van der Waals surface area contributed by atoms with Crippen molar-refractivity contribution in [2.75, 3.05) is 46.9 Å². The number of nitrogens with zero attached hydrogens (tertiary/aromatic N) is 2. The third-order valence-electron chi connectivity index (χ3n) is 5.56. The zero-order chi connectivity index (χ0) is 20.4. The highest BCUT2D eigenvalue weighted by Crippen LogP contribution is 2.21. The lowest BCUT2D eigenvalue weighted by Crippen LogP contribution is -2.45. The highest BCUT2D eigenvalue weighted by atomic mass is 127. The van der Waals surface area contributed by atoms with E-state index >= 15 is 0 Å². The fraction of sp³-hybridized carbons (Fsp3) is 0.696. The first-order valence-corrected chi connectivity index (χ1v) is 10.8. The molecular formula is C23H41IN4O. The number of piperidine rings is 1. The van der Waals surface area contributed by atoms with Gasteiger partial charge in [0.15, 0.2) is 5.96 Å². The van der Waals surface area contributed by atoms with Crippen molar-refractivity contribution >= 4 is 29.9 Å². The van der Waals surface area contributed by atoms with Crippen LogP contribution in [0.5, 0.6) is 5.75 Å². The van der Waals surface area contributed by atoms with Gasteiger partial charge in [-0.25, -0.2) is 0 Å². The van der Waals surface area contributed by atoms with Crippen LogP contribution >= 0.6 is 24.0 Å². The van der Waals surface area contributed by atoms with Crippen molar-refractivity contribution in [1.82, 2.24) is 15.5 Å². The summed E-state index contributed by atoms with van der Waals surface area (Å²) >= 11 is 0. The molecule has 1 fully saturated rings. The van der Waals surface area contributed by atoms with Crippen LogP contribution in [0.15, 0.2) is 29.3 Å². The third kappa shape index (κ3) is 9.55. The monoisotopic (exact) mass is 516 g/mol. The Bertz CT molecular complexity index is 591. The molecule has 0 bridgehead atoms. The number of rotatable bonds is 9. The lowest BCUT2D eigenvalue weighted by atomic mass is 9.97. The summed E-state index contributed by atoms with van der Waals surface area (Å²) in [5.74, 6) is 3.79. The van der Waals surface area contributed by atoms with E-state index in [1.165, 1.54) is 38.0 Å². The Balaban J connectivity index is 0.00000420. The average Bonchev–Trinajstić information content (AvgIpc) is 2.70. The van der Waals surface area contributed by atoms with Gasteiger partial charge in [0.25, 0.3) is 0 Å². The molecule has 2 N–H and O–H groups in total. The minimum atomic E-state index is 0. The minimum Gasteiger partial charge on any atom is -0.497 e. The van der Waals surface area contributed by atoms with Gasteiger partial charge in [-0.3, -0.25) is 4.99 Å². The minimum absolute atomic E-state index is 0. The van der Waals surface area contributed by atoms with Crippen LogP contribution in [-0.4, -0.2) is 57.7 Å². The summed E-state index contributed by atoms with van der Waals surface area (Å²) in [5.41, 5.74) is 1.35. The Hall–Kier alpha value is -1.02. The molecular weight excluding hydrogens is 475 g/mol. The lowest BCUT2D eigenvalue weighted by molar-refractivity contribution is 0.159. The number of halogens is 1. The summed E-state index contributed by atoms with van der Waals surface area (Å²) in [7, 11) is 3.56. The van der Waals surface area contributed by atoms with Crippen LogP contribution in [0.4, 0.5) is 0 Å². The Kier molecular flexibility index (Phi) is 12.6. The van der Waals surface area contributed by atoms with E-state index in [9.17, 15) is 0 Å². The lowest BCUT2D eigenvalue weighted by Gasteiger charge is -2.34. The highest BCUT2D eigenvalue weighted by Gasteiger charge is 2.20. The van der Waals surface area contributed by atoms with Crippen molar-refractivity contribution in [3.63, 3.8) is 0 Å². The van der Waals surface area contributed by atoms with Crippen molar-refractivity contribution < 1.29 is 4.74 Å². The molecule has 0 spiro atoms. The summed E-state index contributed by atoms with van der Waals surface area (Å²) in [6.07, 6.45) is 3.69. The number of hydrogen-bond acceptors (Lipinski definition) is 3. The van der Waals surface area contributed by atoms with Crippen molar-refractivity contribution in [2.24, 2.45) is 16.8 Å². The van der Waals surface area contributed by atoms with E-state index in [0.717, 1.165) is 37.1 Å². The van der Waals surface area contributed by atoms with Crippen LogP contribution in [0, 0.1) is 11.8 Å². The van der Waals surface area contributed by atoms with Crippen LogP contribution in [0.2, 0.25) is 0 Å². The Morgan fingerprint density at radius 1 is 1.21 bits per heavy atom. The molecule has 1 aromatic carbocycles. The van der Waals surface area contributed by atoms with E-state index in [1.54, 1.807) is 7.11 Å². The van der Waals surface area contributed by atoms with Gasteiger partial charge in [-0.15, -0.1) is 24.0 Å². The number of aliphatic imine (C=N–C) groups is 1. The summed E-state index contributed by atoms with van der Waals surface area (Å²) in [6, 6.07) is 8.38. The molecule has 0 saturated carbocycles. The van der Waals surface area contributed by atoms with Crippen LogP contribution in [0.25, 0.3) is 0 Å². The van der Waals surface area contributed by atoms with Gasteiger partial charge in [0.05, 0.1) is 7.11 Å². The van der Waals surface area contributed by atoms with Crippen LogP contribution in [0.1, 0.15) is 51.5 Å². The van der Waals surface area contributed by atoms with Crippen LogP contribution in [0.3, 0.4) is 0 Å². The van der Waals surface area contributed by atoms with E-state index in [1.807, 2.05) is 19.2 Å². The van der Waals surface area contributed by atoms with Gasteiger partial charge in [-0.05, 0) is 61.3 Å². The van der Waals surface area contributed by atoms with Crippen molar-refractivity contribution in [2.45, 2.75) is 46.0 Å². The standard InChI is InChI=1S/C23H40N4O.HI/c1-18(2)16-27-14-6-7-20(17-27)15-26-23(24-4)25-13-12-19(3)21-8-10-22(28-5)11-9-21;/h8-11,18-20H,6-7,12-17H2,1-5H3,(H2,24,25,26);1H. The maximum Gasteiger partial charge on any atom is 0.190 e. The summed E-state index contributed by atoms with van der Waals surface area (Å²) in [5, 5.41) is 7.01. The normalized spacial score (nSPS) is 18.8. The van der Waals surface area contributed by atoms with Crippen molar-refractivity contribution in [1.29, 1.82) is 0 Å². The van der Waals surface area contributed by atoms with Gasteiger partial charge in [0.1, 0.15) is 5.75 Å². The first-order chi connectivity index (χ1) is 13.5. The molecule has 1 aromatic rings. The first-order valence-electron chi connectivity index (χ1n) is 10.8. The van der Waals surface area contributed by atoms with Gasteiger partial charge in [0.2, 0.25) is 0 Å². The number of methoxy groups -OCH3 is 1. The van der Waals surface area contributed by atoms with Gasteiger partial charge < -0.3 is 20.3 Å². The van der Waals surface area contributed by atoms with Crippen LogP contribution < -0.4 is 15.4 Å². The number of nitrogens with one attached hydrogen (secondary N) is 2. The quantitative estimate of drug-likeness (QED) is 0.291. The Morgan fingerprint density at radius 2 is 1.93 bits per heavy atom. The van der Waals surface area contributed by atoms with Gasteiger partial charge in [-0.1, -0.05) is 32.9 Å². The number of ether oxygens (including phenoxy) is 1. The number of likely N-dealkylation sites (tertiary alicyclic amines) is 1. The molecule has 0 radical (unpaired) electrons. The zero-order valence-electron chi connectivity index (χ0n) is 18.9. The second-order valence-electron chi connectivity index (χ2n) is 8.50. The van der Waals surface area contributed by atoms with Crippen molar-refractivity contribution in [3.05, 3.63) is 29.8 Å². The predicted octanol–water partition coefficient (Wildman–Crippen LogP) is 4.34. The van der Waals surface area contributed by atoms with Gasteiger partial charge in [0, 0.05) is 33.2 Å². The second kappa shape index (κ2) is 14.1. The largest absolute Gasteiger partial charge is 0.497 e. The van der Waals surface area contributed by atoms with Crippen molar-refractivity contribution in [3.8, 4) is 5.75 Å². The van der Waals surface area contributed by atoms with E-state index in [0.29, 0.717) is 11.8 Å². The highest BCUT2D eigenvalue weighted by molar-refractivity contribution is 14.0. The SMILES string of the molecule is CN=C(NCCC(C)c1ccc(OC)cc1)NCC1CCCN(CC(C)C)C1.I. The van der Waals surface area contributed by atoms with Crippen LogP contribution in [-0.2, 0) is 0 Å². The summed E-state index contributed by atoms with van der Waals surface area (Å²) < 4.78 is 5.24. The molecule has 0 amide bonds. The zero-order valence-corrected chi connectivity index (χ0v) is 21.2. The van der Waals surface area contributed by atoms with E-state index in [-0.39, 0.29) is 24.0 Å². The molecule has 6 heteroatoms. The maximum atomic E-state index is 5.24. The fourth-order valence-corrected chi connectivity index (χ4v) is 3.97. The molecule has 1 aliphatic heterocycles. The molecule has 2 rings (SSSR count). The third-order valence-corrected chi connectivity index (χ3v) is 5.56. The topological polar surface area (TPSA) is 48.9 Å². The van der Waals surface area contributed by atoms with E-state index in [2.05, 4.69) is 53.4 Å². The molecule has 1 heterocycles. The number of hydrogen-bond donors (Lipinski definition) is 2. The molecule has 0 aromatic heterocycles. The Morgan fingerprint density at radius 3 is 2.55 bits per heavy atom. The molecule has 2 atom stereocenters. The molecule has 0 aliphatic carbocycles. The molecule has 166 valence electrons. The number of guanidine groups is 1. The van der Waals surface area contributed by atoms with Gasteiger partial charge >= 0.3 is 0 Å². The molecule has 1 saturated heterocycles. The molecule has 1 aliphatic rings. The van der Waals surface area contributed by atoms with E-state index in [4.69, 9.17) is 4.74 Å². The first kappa shape index (κ1) is 26.0. The van der Waals surface area contributed by atoms with Gasteiger partial charge in [-0.2, -0.15) is 0 Å². The average molecular weight is 517 g/mol. The Labute approximate surface area is 195 Å². The smallest absolute Gasteiger partial charge is 0.190 e. The molecule has 5 nitrogen and oxygen atoms in total. The fourth-order valence-electron chi connectivity index (χ4n) is 3.97. The molecule has 29 heavy (non-hydrogen) atoms. The summed E-state index contributed by atoms with van der Waals surface area (Å²) in [6.45, 7) is 12.5. The van der Waals surface area contributed by atoms with E-state index < -0.39 is 0 Å². The maximum absolute atomic E-state index is 5.24. The predicted molar refractivity (Wildman–Crippen MR) is 135 cm³/mol. The number of benzene rings is 1. The summed E-state index contributed by atoms with van der Waals surface area (Å²) in [4.78, 5) is 7.01. The molecule has 2 unspecified atom stereocenters.